The van der Waals surface area contributed by atoms with Crippen molar-refractivity contribution in [2.45, 2.75) is 52.5 Å². The molecule has 0 aromatic rings. The van der Waals surface area contributed by atoms with E-state index >= 15 is 0 Å². The molecule has 1 heterocycles. The maximum absolute atomic E-state index is 11.6. The van der Waals surface area contributed by atoms with Gasteiger partial charge in [-0.1, -0.05) is 20.8 Å². The minimum Gasteiger partial charge on any atom is -0.355 e. The van der Waals surface area contributed by atoms with Crippen molar-refractivity contribution in [2.24, 2.45) is 17.6 Å². The Kier molecular flexibility index (Phi) is 10.2. The summed E-state index contributed by atoms with van der Waals surface area (Å²) in [6.45, 7) is 10.7. The van der Waals surface area contributed by atoms with Crippen LogP contribution in [0.3, 0.4) is 0 Å². The number of hydrogen-bond donors (Lipinski definition) is 2. The molecule has 120 valence electrons. The molecule has 1 amide bonds. The number of unbranched alkanes of at least 4 members (excludes halogenated alkanes) is 1. The van der Waals surface area contributed by atoms with Gasteiger partial charge >= 0.3 is 0 Å². The first-order chi connectivity index (χ1) is 9.00. The molecule has 0 aliphatic carbocycles. The van der Waals surface area contributed by atoms with Gasteiger partial charge < -0.3 is 16.0 Å². The number of nitrogens with two attached hydrogens (primary N) is 1. The van der Waals surface area contributed by atoms with Gasteiger partial charge in [-0.3, -0.25) is 4.79 Å². The zero-order valence-corrected chi connectivity index (χ0v) is 14.0. The summed E-state index contributed by atoms with van der Waals surface area (Å²) in [4.78, 5) is 14.2. The van der Waals surface area contributed by atoms with Crippen LogP contribution in [0.4, 0.5) is 0 Å². The second-order valence-corrected chi connectivity index (χ2v) is 6.32. The van der Waals surface area contributed by atoms with Gasteiger partial charge in [0.2, 0.25) is 5.91 Å². The third kappa shape index (κ3) is 7.46. The highest BCUT2D eigenvalue weighted by Crippen LogP contribution is 2.15. The second kappa shape index (κ2) is 10.4. The van der Waals surface area contributed by atoms with E-state index in [1.165, 1.54) is 25.9 Å². The van der Waals surface area contributed by atoms with Gasteiger partial charge in [-0.15, -0.1) is 12.4 Å². The second-order valence-electron chi connectivity index (χ2n) is 6.32. The van der Waals surface area contributed by atoms with Gasteiger partial charge in [0.1, 0.15) is 0 Å². The molecule has 0 saturated carbocycles. The first kappa shape index (κ1) is 19.7. The largest absolute Gasteiger partial charge is 0.355 e. The third-order valence-corrected chi connectivity index (χ3v) is 3.96. The summed E-state index contributed by atoms with van der Waals surface area (Å²) < 4.78 is 0. The third-order valence-electron chi connectivity index (χ3n) is 3.96. The van der Waals surface area contributed by atoms with Crippen molar-refractivity contribution < 1.29 is 4.79 Å². The number of hydrogen-bond acceptors (Lipinski definition) is 3. The van der Waals surface area contributed by atoms with Crippen LogP contribution in [-0.2, 0) is 4.79 Å². The highest BCUT2D eigenvalue weighted by atomic mass is 35.5. The number of piperidine rings is 1. The maximum Gasteiger partial charge on any atom is 0.237 e. The van der Waals surface area contributed by atoms with Gasteiger partial charge in [-0.05, 0) is 50.6 Å². The van der Waals surface area contributed by atoms with E-state index in [1.54, 1.807) is 0 Å². The van der Waals surface area contributed by atoms with E-state index in [0.29, 0.717) is 0 Å². The first-order valence-electron chi connectivity index (χ1n) is 7.76. The van der Waals surface area contributed by atoms with Crippen molar-refractivity contribution in [1.29, 1.82) is 0 Å². The van der Waals surface area contributed by atoms with Gasteiger partial charge in [0.25, 0.3) is 0 Å². The molecular formula is C15H32ClN3O. The van der Waals surface area contributed by atoms with E-state index in [9.17, 15) is 4.79 Å². The number of carbonyl (C=O) groups excluding carboxylic acids is 1. The van der Waals surface area contributed by atoms with Crippen LogP contribution >= 0.6 is 12.4 Å². The molecule has 3 N–H and O–H groups in total. The number of amides is 1. The van der Waals surface area contributed by atoms with Gasteiger partial charge in [0.15, 0.2) is 0 Å². The van der Waals surface area contributed by atoms with Crippen LogP contribution in [0.1, 0.15) is 46.5 Å². The maximum atomic E-state index is 11.6. The summed E-state index contributed by atoms with van der Waals surface area (Å²) >= 11 is 0. The van der Waals surface area contributed by atoms with Crippen LogP contribution < -0.4 is 11.1 Å². The number of rotatable bonds is 7. The Bertz CT molecular complexity index is 274. The van der Waals surface area contributed by atoms with Gasteiger partial charge in [0, 0.05) is 13.1 Å². The Balaban J connectivity index is 0.00000361. The standard InChI is InChI=1S/C15H31N3O.ClH/c1-12(2)14(16)15(19)17-8-4-5-9-18-10-6-7-13(3)11-18;/h12-14H,4-11,16H2,1-3H3,(H,17,19);1H/t13?,14-;/m0./s1. The quantitative estimate of drug-likeness (QED) is 0.708. The Hall–Kier alpha value is -0.320. The van der Waals surface area contributed by atoms with Crippen molar-refractivity contribution in [3.63, 3.8) is 0 Å². The Morgan fingerprint density at radius 1 is 1.40 bits per heavy atom. The van der Waals surface area contributed by atoms with Crippen LogP contribution in [-0.4, -0.2) is 43.0 Å². The van der Waals surface area contributed by atoms with Gasteiger partial charge in [0.05, 0.1) is 6.04 Å². The highest BCUT2D eigenvalue weighted by molar-refractivity contribution is 5.85. The lowest BCUT2D eigenvalue weighted by molar-refractivity contribution is -0.123. The molecule has 0 radical (unpaired) electrons. The van der Waals surface area contributed by atoms with Crippen LogP contribution in [0.15, 0.2) is 0 Å². The molecule has 2 atom stereocenters. The molecule has 1 fully saturated rings. The average molecular weight is 306 g/mol. The van der Waals surface area contributed by atoms with E-state index < -0.39 is 0 Å². The van der Waals surface area contributed by atoms with Gasteiger partial charge in [-0.25, -0.2) is 0 Å². The zero-order valence-electron chi connectivity index (χ0n) is 13.2. The van der Waals surface area contributed by atoms with E-state index in [0.717, 1.165) is 31.8 Å². The Morgan fingerprint density at radius 3 is 2.70 bits per heavy atom. The Morgan fingerprint density at radius 2 is 2.10 bits per heavy atom. The predicted octanol–water partition coefficient (Wildman–Crippen LogP) is 2.02. The first-order valence-corrected chi connectivity index (χ1v) is 7.76. The Labute approximate surface area is 130 Å². The van der Waals surface area contributed by atoms with Crippen LogP contribution in [0.2, 0.25) is 0 Å². The van der Waals surface area contributed by atoms with Crippen molar-refractivity contribution in [3.05, 3.63) is 0 Å². The molecule has 1 rings (SSSR count). The number of halogens is 1. The van der Waals surface area contributed by atoms with E-state index in [1.807, 2.05) is 13.8 Å². The summed E-state index contributed by atoms with van der Waals surface area (Å²) in [5.74, 6) is 1.04. The smallest absolute Gasteiger partial charge is 0.237 e. The normalized spacial score (nSPS) is 21.4. The number of nitrogens with one attached hydrogen (secondary N) is 1. The van der Waals surface area contributed by atoms with Crippen molar-refractivity contribution >= 4 is 18.3 Å². The fourth-order valence-electron chi connectivity index (χ4n) is 2.58. The molecule has 0 bridgehead atoms. The lowest BCUT2D eigenvalue weighted by atomic mass is 10.0. The van der Waals surface area contributed by atoms with E-state index in [-0.39, 0.29) is 30.3 Å². The molecule has 1 aliphatic rings. The van der Waals surface area contributed by atoms with Crippen molar-refractivity contribution in [1.82, 2.24) is 10.2 Å². The average Bonchev–Trinajstić information content (AvgIpc) is 2.37. The summed E-state index contributed by atoms with van der Waals surface area (Å²) in [5.41, 5.74) is 5.79. The molecule has 4 nitrogen and oxygen atoms in total. The zero-order chi connectivity index (χ0) is 14.3. The van der Waals surface area contributed by atoms with Crippen molar-refractivity contribution in [3.8, 4) is 0 Å². The lowest BCUT2D eigenvalue weighted by Gasteiger charge is -2.30. The van der Waals surface area contributed by atoms with E-state index in [4.69, 9.17) is 5.73 Å². The molecule has 1 aliphatic heterocycles. The van der Waals surface area contributed by atoms with E-state index in [2.05, 4.69) is 17.1 Å². The van der Waals surface area contributed by atoms with Crippen LogP contribution in [0, 0.1) is 11.8 Å². The predicted molar refractivity (Wildman–Crippen MR) is 87.1 cm³/mol. The van der Waals surface area contributed by atoms with Gasteiger partial charge in [-0.2, -0.15) is 0 Å². The minimum absolute atomic E-state index is 0. The molecular weight excluding hydrogens is 274 g/mol. The molecule has 1 saturated heterocycles. The van der Waals surface area contributed by atoms with Crippen LogP contribution in [0.25, 0.3) is 0 Å². The fraction of sp³-hybridized carbons (Fsp3) is 0.933. The number of likely N-dealkylation sites (tertiary alicyclic amines) is 1. The molecule has 20 heavy (non-hydrogen) atoms. The molecule has 0 aromatic carbocycles. The lowest BCUT2D eigenvalue weighted by Crippen LogP contribution is -2.44. The van der Waals surface area contributed by atoms with Crippen molar-refractivity contribution in [2.75, 3.05) is 26.2 Å². The highest BCUT2D eigenvalue weighted by Gasteiger charge is 2.17. The van der Waals surface area contributed by atoms with Crippen LogP contribution in [0.5, 0.6) is 0 Å². The summed E-state index contributed by atoms with van der Waals surface area (Å²) in [6.07, 6.45) is 4.91. The number of carbonyl (C=O) groups is 1. The minimum atomic E-state index is -0.372. The molecule has 5 heteroatoms. The molecule has 0 aromatic heterocycles. The summed E-state index contributed by atoms with van der Waals surface area (Å²) in [5, 5.41) is 2.93. The fourth-order valence-corrected chi connectivity index (χ4v) is 2.58. The number of nitrogens with zero attached hydrogens (tertiary/aromatic N) is 1. The summed E-state index contributed by atoms with van der Waals surface area (Å²) in [6, 6.07) is -0.372. The SMILES string of the molecule is CC1CCCN(CCCCNC(=O)[C@@H](N)C(C)C)C1.Cl. The summed E-state index contributed by atoms with van der Waals surface area (Å²) in [7, 11) is 0. The molecule has 1 unspecified atom stereocenters. The molecule has 0 spiro atoms. The topological polar surface area (TPSA) is 58.4 Å². The monoisotopic (exact) mass is 305 g/mol.